The van der Waals surface area contributed by atoms with Gasteiger partial charge in [0.15, 0.2) is 0 Å². The molecule has 0 aromatic heterocycles. The van der Waals surface area contributed by atoms with E-state index in [1.807, 2.05) is 0 Å². The summed E-state index contributed by atoms with van der Waals surface area (Å²) in [6, 6.07) is 6.50. The molecule has 0 aliphatic carbocycles. The van der Waals surface area contributed by atoms with Gasteiger partial charge in [-0.25, -0.2) is 0 Å². The molecule has 0 saturated heterocycles. The molecule has 0 N–H and O–H groups in total. The summed E-state index contributed by atoms with van der Waals surface area (Å²) in [6.45, 7) is 7.53. The summed E-state index contributed by atoms with van der Waals surface area (Å²) in [5.74, 6) is 1.04. The molecule has 0 amide bonds. The van der Waals surface area contributed by atoms with Crippen LogP contribution in [0.3, 0.4) is 0 Å². The first-order valence-corrected chi connectivity index (χ1v) is 8.00. The fraction of sp³-hybridized carbons (Fsp3) is 0.667. The van der Waals surface area contributed by atoms with Crippen molar-refractivity contribution in [3.63, 3.8) is 0 Å². The normalized spacial score (nSPS) is 10.7. The molecule has 108 valence electrons. The molecule has 1 heteroatoms. The Labute approximate surface area is 119 Å². The summed E-state index contributed by atoms with van der Waals surface area (Å²) in [4.78, 5) is 0. The standard InChI is InChI=1S/C18H30O/c1-4-6-7-8-9-10-14-19-18-13-12-16(3)17(15-18)11-5-2/h12-13,15H,4-11,14H2,1-3H3. The van der Waals surface area contributed by atoms with Gasteiger partial charge >= 0.3 is 0 Å². The largest absolute Gasteiger partial charge is 0.494 e. The summed E-state index contributed by atoms with van der Waals surface area (Å²) in [7, 11) is 0. The highest BCUT2D eigenvalue weighted by Gasteiger charge is 2.00. The van der Waals surface area contributed by atoms with Crippen molar-refractivity contribution in [1.82, 2.24) is 0 Å². The second-order valence-electron chi connectivity index (χ2n) is 5.45. The van der Waals surface area contributed by atoms with Crippen LogP contribution in [-0.2, 0) is 6.42 Å². The molecule has 0 saturated carbocycles. The Hall–Kier alpha value is -0.980. The highest BCUT2D eigenvalue weighted by molar-refractivity contribution is 5.34. The lowest BCUT2D eigenvalue weighted by atomic mass is 10.0. The van der Waals surface area contributed by atoms with Crippen LogP contribution < -0.4 is 4.74 Å². The van der Waals surface area contributed by atoms with Crippen molar-refractivity contribution in [2.45, 2.75) is 72.1 Å². The molecule has 1 aromatic rings. The maximum absolute atomic E-state index is 5.85. The SMILES string of the molecule is CCCCCCCCOc1ccc(C)c(CCC)c1. The van der Waals surface area contributed by atoms with E-state index in [2.05, 4.69) is 39.0 Å². The van der Waals surface area contributed by atoms with Crippen LogP contribution in [0.5, 0.6) is 5.75 Å². The lowest BCUT2D eigenvalue weighted by Gasteiger charge is -2.10. The lowest BCUT2D eigenvalue weighted by molar-refractivity contribution is 0.304. The van der Waals surface area contributed by atoms with Crippen LogP contribution in [0.25, 0.3) is 0 Å². The Morgan fingerprint density at radius 1 is 0.895 bits per heavy atom. The van der Waals surface area contributed by atoms with Gasteiger partial charge in [-0.05, 0) is 43.0 Å². The first-order chi connectivity index (χ1) is 9.27. The van der Waals surface area contributed by atoms with Gasteiger partial charge in [-0.1, -0.05) is 58.4 Å². The summed E-state index contributed by atoms with van der Waals surface area (Å²) in [5.41, 5.74) is 2.82. The molecule has 0 fully saturated rings. The Morgan fingerprint density at radius 3 is 2.37 bits per heavy atom. The zero-order valence-corrected chi connectivity index (χ0v) is 13.0. The van der Waals surface area contributed by atoms with Gasteiger partial charge in [-0.15, -0.1) is 0 Å². The van der Waals surface area contributed by atoms with E-state index in [0.717, 1.165) is 18.8 Å². The van der Waals surface area contributed by atoms with E-state index >= 15 is 0 Å². The maximum atomic E-state index is 5.85. The molecule has 0 unspecified atom stereocenters. The van der Waals surface area contributed by atoms with E-state index in [4.69, 9.17) is 4.74 Å². The molecule has 0 heterocycles. The molecule has 0 radical (unpaired) electrons. The number of ether oxygens (including phenoxy) is 1. The smallest absolute Gasteiger partial charge is 0.119 e. The zero-order chi connectivity index (χ0) is 13.9. The van der Waals surface area contributed by atoms with Gasteiger partial charge in [-0.2, -0.15) is 0 Å². The summed E-state index contributed by atoms with van der Waals surface area (Å²) < 4.78 is 5.85. The minimum Gasteiger partial charge on any atom is -0.494 e. The number of benzene rings is 1. The molecule has 19 heavy (non-hydrogen) atoms. The fourth-order valence-corrected chi connectivity index (χ4v) is 2.35. The average Bonchev–Trinajstić information content (AvgIpc) is 2.41. The Bertz CT molecular complexity index is 344. The molecular formula is C18H30O. The average molecular weight is 262 g/mol. The first-order valence-electron chi connectivity index (χ1n) is 8.00. The van der Waals surface area contributed by atoms with Gasteiger partial charge in [0.2, 0.25) is 0 Å². The van der Waals surface area contributed by atoms with Gasteiger partial charge < -0.3 is 4.74 Å². The number of hydrogen-bond donors (Lipinski definition) is 0. The molecule has 1 nitrogen and oxygen atoms in total. The summed E-state index contributed by atoms with van der Waals surface area (Å²) in [5, 5.41) is 0. The first kappa shape index (κ1) is 16.1. The fourth-order valence-electron chi connectivity index (χ4n) is 2.35. The second kappa shape index (κ2) is 9.89. The predicted molar refractivity (Wildman–Crippen MR) is 84.0 cm³/mol. The van der Waals surface area contributed by atoms with Gasteiger partial charge in [-0.3, -0.25) is 0 Å². The molecule has 0 aliphatic heterocycles. The molecule has 1 aromatic carbocycles. The number of rotatable bonds is 10. The predicted octanol–water partition coefficient (Wildman–Crippen LogP) is 5.69. The van der Waals surface area contributed by atoms with Gasteiger partial charge in [0.05, 0.1) is 6.61 Å². The van der Waals surface area contributed by atoms with Crippen molar-refractivity contribution >= 4 is 0 Å². The second-order valence-corrected chi connectivity index (χ2v) is 5.45. The third-order valence-corrected chi connectivity index (χ3v) is 3.61. The van der Waals surface area contributed by atoms with E-state index in [-0.39, 0.29) is 0 Å². The Kier molecular flexibility index (Phi) is 8.36. The highest BCUT2D eigenvalue weighted by Crippen LogP contribution is 2.19. The van der Waals surface area contributed by atoms with Crippen LogP contribution in [0.4, 0.5) is 0 Å². The van der Waals surface area contributed by atoms with Crippen LogP contribution in [0, 0.1) is 6.92 Å². The van der Waals surface area contributed by atoms with Crippen LogP contribution in [-0.4, -0.2) is 6.61 Å². The van der Waals surface area contributed by atoms with E-state index in [1.54, 1.807) is 0 Å². The minimum absolute atomic E-state index is 0.862. The van der Waals surface area contributed by atoms with Crippen LogP contribution in [0.2, 0.25) is 0 Å². The third-order valence-electron chi connectivity index (χ3n) is 3.61. The van der Waals surface area contributed by atoms with Crippen molar-refractivity contribution in [1.29, 1.82) is 0 Å². The van der Waals surface area contributed by atoms with Gasteiger partial charge in [0.25, 0.3) is 0 Å². The van der Waals surface area contributed by atoms with Crippen molar-refractivity contribution in [3.05, 3.63) is 29.3 Å². The van der Waals surface area contributed by atoms with Crippen LogP contribution >= 0.6 is 0 Å². The van der Waals surface area contributed by atoms with Crippen LogP contribution in [0.1, 0.15) is 69.9 Å². The Morgan fingerprint density at radius 2 is 1.63 bits per heavy atom. The van der Waals surface area contributed by atoms with Crippen molar-refractivity contribution < 1.29 is 4.74 Å². The molecule has 0 spiro atoms. The van der Waals surface area contributed by atoms with Crippen LogP contribution in [0.15, 0.2) is 18.2 Å². The molecule has 0 bridgehead atoms. The number of aryl methyl sites for hydroxylation is 2. The monoisotopic (exact) mass is 262 g/mol. The minimum atomic E-state index is 0.862. The summed E-state index contributed by atoms with van der Waals surface area (Å²) in [6.07, 6.45) is 10.3. The third kappa shape index (κ3) is 6.66. The van der Waals surface area contributed by atoms with E-state index in [1.165, 1.54) is 56.1 Å². The molecule has 0 aliphatic rings. The molecular weight excluding hydrogens is 232 g/mol. The molecule has 1 rings (SSSR count). The van der Waals surface area contributed by atoms with Crippen molar-refractivity contribution in [2.75, 3.05) is 6.61 Å². The van der Waals surface area contributed by atoms with Gasteiger partial charge in [0, 0.05) is 0 Å². The van der Waals surface area contributed by atoms with E-state index in [0.29, 0.717) is 0 Å². The summed E-state index contributed by atoms with van der Waals surface area (Å²) >= 11 is 0. The number of hydrogen-bond acceptors (Lipinski definition) is 1. The number of unbranched alkanes of at least 4 members (excludes halogenated alkanes) is 5. The van der Waals surface area contributed by atoms with E-state index in [9.17, 15) is 0 Å². The zero-order valence-electron chi connectivity index (χ0n) is 13.0. The Balaban J connectivity index is 2.23. The van der Waals surface area contributed by atoms with E-state index < -0.39 is 0 Å². The topological polar surface area (TPSA) is 9.23 Å². The van der Waals surface area contributed by atoms with Crippen molar-refractivity contribution in [2.24, 2.45) is 0 Å². The quantitative estimate of drug-likeness (QED) is 0.492. The molecule has 0 atom stereocenters. The van der Waals surface area contributed by atoms with Gasteiger partial charge in [0.1, 0.15) is 5.75 Å². The highest BCUT2D eigenvalue weighted by atomic mass is 16.5. The lowest BCUT2D eigenvalue weighted by Crippen LogP contribution is -1.99. The van der Waals surface area contributed by atoms with Crippen molar-refractivity contribution in [3.8, 4) is 5.75 Å². The maximum Gasteiger partial charge on any atom is 0.119 e.